The van der Waals surface area contributed by atoms with Gasteiger partial charge in [-0.25, -0.2) is 13.1 Å². The Balaban J connectivity index is 2.63. The van der Waals surface area contributed by atoms with Gasteiger partial charge in [-0.3, -0.25) is 4.79 Å². The minimum Gasteiger partial charge on any atom is -0.353 e. The second-order valence-corrected chi connectivity index (χ2v) is 6.39. The number of hydrogen-bond donors (Lipinski definition) is 3. The molecule has 0 aliphatic heterocycles. The Bertz CT molecular complexity index is 526. The van der Waals surface area contributed by atoms with E-state index in [1.807, 2.05) is 6.07 Å². The first kappa shape index (κ1) is 15.6. The lowest BCUT2D eigenvalue weighted by Gasteiger charge is -2.24. The highest BCUT2D eigenvalue weighted by atomic mass is 32.2. The summed E-state index contributed by atoms with van der Waals surface area (Å²) in [6.45, 7) is 1.60. The number of benzene rings is 1. The summed E-state index contributed by atoms with van der Waals surface area (Å²) >= 11 is 0. The molecule has 1 aromatic rings. The van der Waals surface area contributed by atoms with Gasteiger partial charge in [-0.1, -0.05) is 30.3 Å². The Labute approximate surface area is 113 Å². The highest BCUT2D eigenvalue weighted by molar-refractivity contribution is 7.89. The lowest BCUT2D eigenvalue weighted by molar-refractivity contribution is -0.125. The van der Waals surface area contributed by atoms with Crippen molar-refractivity contribution in [1.82, 2.24) is 10.0 Å². The molecule has 0 saturated heterocycles. The van der Waals surface area contributed by atoms with Gasteiger partial charge in [-0.05, 0) is 19.5 Å². The number of carbonyl (C=O) groups is 1. The van der Waals surface area contributed by atoms with E-state index < -0.39 is 21.5 Å². The summed E-state index contributed by atoms with van der Waals surface area (Å²) in [5.41, 5.74) is 5.47. The summed E-state index contributed by atoms with van der Waals surface area (Å²) in [4.78, 5) is 12.0. The van der Waals surface area contributed by atoms with Gasteiger partial charge in [-0.15, -0.1) is 0 Å². The molecule has 1 aromatic carbocycles. The molecule has 106 valence electrons. The molecular formula is C12H19N3O3S. The van der Waals surface area contributed by atoms with E-state index in [0.29, 0.717) is 5.56 Å². The molecule has 1 amide bonds. The number of hydrogen-bond acceptors (Lipinski definition) is 4. The van der Waals surface area contributed by atoms with E-state index in [9.17, 15) is 13.2 Å². The van der Waals surface area contributed by atoms with Gasteiger partial charge in [0.05, 0.1) is 5.75 Å². The van der Waals surface area contributed by atoms with Gasteiger partial charge < -0.3 is 11.1 Å². The van der Waals surface area contributed by atoms with Crippen LogP contribution in [-0.2, 0) is 20.4 Å². The molecule has 1 atom stereocenters. The molecule has 0 fully saturated rings. The standard InChI is InChI=1S/C12H19N3O3S/c1-12(13,10-6-4-3-5-7-10)11(16)15-8-9-19(17,18)14-2/h3-7,14H,8-9,13H2,1-2H3,(H,15,16). The van der Waals surface area contributed by atoms with Crippen molar-refractivity contribution in [3.63, 3.8) is 0 Å². The van der Waals surface area contributed by atoms with Crippen molar-refractivity contribution in [2.24, 2.45) is 5.73 Å². The van der Waals surface area contributed by atoms with Crippen LogP contribution in [0.4, 0.5) is 0 Å². The molecule has 7 heteroatoms. The number of amides is 1. The predicted molar refractivity (Wildman–Crippen MR) is 73.8 cm³/mol. The van der Waals surface area contributed by atoms with Crippen LogP contribution >= 0.6 is 0 Å². The van der Waals surface area contributed by atoms with E-state index in [4.69, 9.17) is 5.73 Å². The largest absolute Gasteiger partial charge is 0.353 e. The molecule has 0 aliphatic rings. The molecule has 6 nitrogen and oxygen atoms in total. The highest BCUT2D eigenvalue weighted by Crippen LogP contribution is 2.17. The average molecular weight is 285 g/mol. The molecule has 0 aromatic heterocycles. The Morgan fingerprint density at radius 2 is 1.89 bits per heavy atom. The SMILES string of the molecule is CNS(=O)(=O)CCNC(=O)C(C)(N)c1ccccc1. The monoisotopic (exact) mass is 285 g/mol. The van der Waals surface area contributed by atoms with E-state index in [1.165, 1.54) is 7.05 Å². The van der Waals surface area contributed by atoms with Crippen molar-refractivity contribution in [2.45, 2.75) is 12.5 Å². The second-order valence-electron chi connectivity index (χ2n) is 4.35. The minimum absolute atomic E-state index is 0.0155. The molecule has 4 N–H and O–H groups in total. The predicted octanol–water partition coefficient (Wildman–Crippen LogP) is -0.474. The lowest BCUT2D eigenvalue weighted by atomic mass is 9.92. The molecule has 0 heterocycles. The van der Waals surface area contributed by atoms with Gasteiger partial charge in [0.25, 0.3) is 0 Å². The van der Waals surface area contributed by atoms with Crippen molar-refractivity contribution >= 4 is 15.9 Å². The third-order valence-electron chi connectivity index (χ3n) is 2.81. The first-order valence-corrected chi connectivity index (χ1v) is 7.49. The van der Waals surface area contributed by atoms with Crippen LogP contribution in [0.15, 0.2) is 30.3 Å². The van der Waals surface area contributed by atoms with Crippen molar-refractivity contribution in [2.75, 3.05) is 19.3 Å². The van der Waals surface area contributed by atoms with Crippen LogP contribution < -0.4 is 15.8 Å². The summed E-state index contributed by atoms with van der Waals surface area (Å²) in [5, 5.41) is 2.53. The molecule has 1 rings (SSSR count). The van der Waals surface area contributed by atoms with E-state index in [1.54, 1.807) is 31.2 Å². The molecule has 0 radical (unpaired) electrons. The molecule has 0 aliphatic carbocycles. The zero-order valence-corrected chi connectivity index (χ0v) is 11.8. The lowest BCUT2D eigenvalue weighted by Crippen LogP contribution is -2.50. The van der Waals surface area contributed by atoms with Gasteiger partial charge in [0, 0.05) is 6.54 Å². The highest BCUT2D eigenvalue weighted by Gasteiger charge is 2.30. The maximum absolute atomic E-state index is 12.0. The summed E-state index contributed by atoms with van der Waals surface area (Å²) in [6, 6.07) is 8.92. The Hall–Kier alpha value is -1.44. The first-order valence-electron chi connectivity index (χ1n) is 5.83. The van der Waals surface area contributed by atoms with Crippen LogP contribution in [0.1, 0.15) is 12.5 Å². The number of rotatable bonds is 6. The van der Waals surface area contributed by atoms with E-state index in [0.717, 1.165) is 0 Å². The van der Waals surface area contributed by atoms with Crippen LogP contribution in [0.5, 0.6) is 0 Å². The zero-order valence-electron chi connectivity index (χ0n) is 11.0. The zero-order chi connectivity index (χ0) is 14.5. The van der Waals surface area contributed by atoms with Crippen LogP contribution in [0, 0.1) is 0 Å². The van der Waals surface area contributed by atoms with Crippen LogP contribution in [-0.4, -0.2) is 33.7 Å². The Kier molecular flexibility index (Phi) is 5.04. The smallest absolute Gasteiger partial charge is 0.244 e. The molecular weight excluding hydrogens is 266 g/mol. The molecule has 19 heavy (non-hydrogen) atoms. The number of nitrogens with two attached hydrogens (primary N) is 1. The fraction of sp³-hybridized carbons (Fsp3) is 0.417. The maximum atomic E-state index is 12.0. The fourth-order valence-corrected chi connectivity index (χ4v) is 2.07. The van der Waals surface area contributed by atoms with E-state index >= 15 is 0 Å². The minimum atomic E-state index is -3.33. The van der Waals surface area contributed by atoms with Crippen molar-refractivity contribution < 1.29 is 13.2 Å². The summed E-state index contributed by atoms with van der Waals surface area (Å²) < 4.78 is 24.6. The number of carbonyl (C=O) groups excluding carboxylic acids is 1. The Morgan fingerprint density at radius 3 is 2.42 bits per heavy atom. The Morgan fingerprint density at radius 1 is 1.32 bits per heavy atom. The maximum Gasteiger partial charge on any atom is 0.244 e. The fourth-order valence-electron chi connectivity index (χ4n) is 1.50. The third kappa shape index (κ3) is 4.30. The third-order valence-corrected chi connectivity index (χ3v) is 4.18. The van der Waals surface area contributed by atoms with E-state index in [2.05, 4.69) is 10.0 Å². The molecule has 0 spiro atoms. The van der Waals surface area contributed by atoms with Gasteiger partial charge in [0.1, 0.15) is 5.54 Å². The number of nitrogens with one attached hydrogen (secondary N) is 2. The summed E-state index contributed by atoms with van der Waals surface area (Å²) in [6.07, 6.45) is 0. The summed E-state index contributed by atoms with van der Waals surface area (Å²) in [7, 11) is -2.00. The van der Waals surface area contributed by atoms with E-state index in [-0.39, 0.29) is 12.3 Å². The molecule has 0 bridgehead atoms. The van der Waals surface area contributed by atoms with Gasteiger partial charge in [0.15, 0.2) is 0 Å². The van der Waals surface area contributed by atoms with Crippen molar-refractivity contribution in [3.8, 4) is 0 Å². The van der Waals surface area contributed by atoms with Crippen molar-refractivity contribution in [1.29, 1.82) is 0 Å². The second kappa shape index (κ2) is 6.14. The number of sulfonamides is 1. The van der Waals surface area contributed by atoms with Gasteiger partial charge >= 0.3 is 0 Å². The van der Waals surface area contributed by atoms with Crippen LogP contribution in [0.3, 0.4) is 0 Å². The molecule has 1 unspecified atom stereocenters. The van der Waals surface area contributed by atoms with Crippen LogP contribution in [0.2, 0.25) is 0 Å². The van der Waals surface area contributed by atoms with Crippen molar-refractivity contribution in [3.05, 3.63) is 35.9 Å². The topological polar surface area (TPSA) is 101 Å². The van der Waals surface area contributed by atoms with Gasteiger partial charge in [0.2, 0.25) is 15.9 Å². The molecule has 0 saturated carbocycles. The summed E-state index contributed by atoms with van der Waals surface area (Å²) in [5.74, 6) is -0.592. The average Bonchev–Trinajstić information content (AvgIpc) is 2.39. The first-order chi connectivity index (χ1) is 8.79. The quantitative estimate of drug-likeness (QED) is 0.657. The van der Waals surface area contributed by atoms with Gasteiger partial charge in [-0.2, -0.15) is 0 Å². The van der Waals surface area contributed by atoms with Crippen LogP contribution in [0.25, 0.3) is 0 Å². The normalized spacial score (nSPS) is 14.7.